The van der Waals surface area contributed by atoms with Gasteiger partial charge in [-0.1, -0.05) is 35.3 Å². The van der Waals surface area contributed by atoms with Crippen LogP contribution in [0, 0.1) is 0 Å². The van der Waals surface area contributed by atoms with Gasteiger partial charge in [-0.3, -0.25) is 30.2 Å². The minimum atomic E-state index is -0.619. The van der Waals surface area contributed by atoms with Gasteiger partial charge in [0.25, 0.3) is 17.7 Å². The van der Waals surface area contributed by atoms with Gasteiger partial charge in [0.2, 0.25) is 0 Å². The number of carbonyl (C=O) groups excluding carboxylic acids is 3. The van der Waals surface area contributed by atoms with Crippen LogP contribution in [0.15, 0.2) is 60.8 Å². The third kappa shape index (κ3) is 5.50. The molecule has 2 aromatic carbocycles. The molecule has 10 heteroatoms. The maximum absolute atomic E-state index is 12.4. The van der Waals surface area contributed by atoms with Crippen LogP contribution in [0.2, 0.25) is 10.0 Å². The molecule has 1 aromatic heterocycles. The summed E-state index contributed by atoms with van der Waals surface area (Å²) < 4.78 is 5.71. The van der Waals surface area contributed by atoms with Crippen LogP contribution in [0.25, 0.3) is 0 Å². The third-order valence-electron chi connectivity index (χ3n) is 4.01. The van der Waals surface area contributed by atoms with Crippen molar-refractivity contribution in [2.75, 3.05) is 7.05 Å². The van der Waals surface area contributed by atoms with E-state index in [0.29, 0.717) is 11.5 Å². The van der Waals surface area contributed by atoms with Gasteiger partial charge in [0, 0.05) is 24.9 Å². The smallest absolute Gasteiger partial charge is 0.271 e. The predicted octanol–water partition coefficient (Wildman–Crippen LogP) is 3.62. The standard InChI is InChI=1S/C21H16Cl2N4O4/c1-24-21(30)17-11-14(8-9-25-17)31-13-5-2-4-12(10-13)19(28)26-27-20(29)15-6-3-7-16(22)18(15)23/h2-11H,1H3,(H,24,30)(H,26,28)(H,27,29). The molecular weight excluding hydrogens is 443 g/mol. The Bertz CT molecular complexity index is 1150. The van der Waals surface area contributed by atoms with Crippen LogP contribution in [0.1, 0.15) is 31.2 Å². The monoisotopic (exact) mass is 458 g/mol. The Morgan fingerprint density at radius 3 is 2.35 bits per heavy atom. The SMILES string of the molecule is CNC(=O)c1cc(Oc2cccc(C(=O)NNC(=O)c3cccc(Cl)c3Cl)c2)ccn1. The van der Waals surface area contributed by atoms with Gasteiger partial charge in [0.05, 0.1) is 15.6 Å². The van der Waals surface area contributed by atoms with Crippen molar-refractivity contribution in [2.24, 2.45) is 0 Å². The van der Waals surface area contributed by atoms with Crippen LogP contribution in [-0.4, -0.2) is 29.8 Å². The highest BCUT2D eigenvalue weighted by molar-refractivity contribution is 6.43. The summed E-state index contributed by atoms with van der Waals surface area (Å²) in [5, 5.41) is 2.78. The Balaban J connectivity index is 1.67. The fourth-order valence-corrected chi connectivity index (χ4v) is 2.88. The molecule has 0 spiro atoms. The van der Waals surface area contributed by atoms with Gasteiger partial charge in [-0.15, -0.1) is 0 Å². The summed E-state index contributed by atoms with van der Waals surface area (Å²) in [5.74, 6) is -0.820. The van der Waals surface area contributed by atoms with Crippen molar-refractivity contribution in [1.29, 1.82) is 0 Å². The van der Waals surface area contributed by atoms with Crippen molar-refractivity contribution < 1.29 is 19.1 Å². The molecule has 31 heavy (non-hydrogen) atoms. The molecule has 0 aliphatic rings. The van der Waals surface area contributed by atoms with E-state index >= 15 is 0 Å². The topological polar surface area (TPSA) is 109 Å². The van der Waals surface area contributed by atoms with Crippen molar-refractivity contribution in [1.82, 2.24) is 21.2 Å². The lowest BCUT2D eigenvalue weighted by Gasteiger charge is -2.11. The number of hydrogen-bond donors (Lipinski definition) is 3. The molecule has 3 aromatic rings. The van der Waals surface area contributed by atoms with E-state index < -0.39 is 11.8 Å². The van der Waals surface area contributed by atoms with Crippen LogP contribution < -0.4 is 20.9 Å². The maximum Gasteiger partial charge on any atom is 0.271 e. The molecule has 0 aliphatic heterocycles. The number of rotatable bonds is 5. The lowest BCUT2D eigenvalue weighted by molar-refractivity contribution is 0.0846. The number of nitrogens with one attached hydrogen (secondary N) is 3. The van der Waals surface area contributed by atoms with Gasteiger partial charge >= 0.3 is 0 Å². The summed E-state index contributed by atoms with van der Waals surface area (Å²) in [5.41, 5.74) is 5.14. The highest BCUT2D eigenvalue weighted by atomic mass is 35.5. The molecule has 3 N–H and O–H groups in total. The van der Waals surface area contributed by atoms with E-state index in [1.807, 2.05) is 0 Å². The molecule has 8 nitrogen and oxygen atoms in total. The van der Waals surface area contributed by atoms with Crippen LogP contribution in [0.5, 0.6) is 11.5 Å². The first-order chi connectivity index (χ1) is 14.9. The van der Waals surface area contributed by atoms with E-state index in [-0.39, 0.29) is 32.8 Å². The molecule has 1 heterocycles. The molecule has 158 valence electrons. The van der Waals surface area contributed by atoms with Gasteiger partial charge < -0.3 is 10.1 Å². The zero-order chi connectivity index (χ0) is 22.4. The zero-order valence-corrected chi connectivity index (χ0v) is 17.6. The number of benzene rings is 2. The fourth-order valence-electron chi connectivity index (χ4n) is 2.50. The molecule has 3 amide bonds. The van der Waals surface area contributed by atoms with E-state index in [9.17, 15) is 14.4 Å². The average Bonchev–Trinajstić information content (AvgIpc) is 2.78. The Labute approximate surface area is 187 Å². The quantitative estimate of drug-likeness (QED) is 0.505. The van der Waals surface area contributed by atoms with E-state index in [4.69, 9.17) is 27.9 Å². The first-order valence-corrected chi connectivity index (χ1v) is 9.65. The molecule has 0 bridgehead atoms. The first kappa shape index (κ1) is 22.1. The number of pyridine rings is 1. The summed E-state index contributed by atoms with van der Waals surface area (Å²) in [6.45, 7) is 0. The second kappa shape index (κ2) is 9.92. The van der Waals surface area contributed by atoms with Crippen LogP contribution in [-0.2, 0) is 0 Å². The number of halogens is 2. The molecule has 0 unspecified atom stereocenters. The predicted molar refractivity (Wildman–Crippen MR) is 116 cm³/mol. The van der Waals surface area contributed by atoms with Crippen molar-refractivity contribution in [2.45, 2.75) is 0 Å². The van der Waals surface area contributed by atoms with Crippen LogP contribution >= 0.6 is 23.2 Å². The fraction of sp³-hybridized carbons (Fsp3) is 0.0476. The molecule has 0 fully saturated rings. The largest absolute Gasteiger partial charge is 0.457 e. The molecule has 0 aliphatic carbocycles. The first-order valence-electron chi connectivity index (χ1n) is 8.90. The van der Waals surface area contributed by atoms with Crippen molar-refractivity contribution in [3.8, 4) is 11.5 Å². The average molecular weight is 459 g/mol. The number of amides is 3. The lowest BCUT2D eigenvalue weighted by atomic mass is 10.2. The van der Waals surface area contributed by atoms with E-state index in [2.05, 4.69) is 21.2 Å². The van der Waals surface area contributed by atoms with E-state index in [1.165, 1.54) is 31.4 Å². The Morgan fingerprint density at radius 2 is 1.58 bits per heavy atom. The van der Waals surface area contributed by atoms with Gasteiger partial charge in [0.15, 0.2) is 0 Å². The number of hydrazine groups is 1. The molecule has 0 atom stereocenters. The summed E-state index contributed by atoms with van der Waals surface area (Å²) in [7, 11) is 1.50. The molecule has 0 saturated heterocycles. The zero-order valence-electron chi connectivity index (χ0n) is 16.1. The summed E-state index contributed by atoms with van der Waals surface area (Å²) in [6.07, 6.45) is 1.44. The molecule has 3 rings (SSSR count). The Kier molecular flexibility index (Phi) is 7.07. The molecule has 0 saturated carbocycles. The van der Waals surface area contributed by atoms with E-state index in [1.54, 1.807) is 36.4 Å². The number of hydrogen-bond acceptors (Lipinski definition) is 5. The highest BCUT2D eigenvalue weighted by Crippen LogP contribution is 2.25. The van der Waals surface area contributed by atoms with Gasteiger partial charge in [-0.05, 0) is 36.4 Å². The van der Waals surface area contributed by atoms with Crippen molar-refractivity contribution in [3.63, 3.8) is 0 Å². The van der Waals surface area contributed by atoms with Crippen LogP contribution in [0.3, 0.4) is 0 Å². The lowest BCUT2D eigenvalue weighted by Crippen LogP contribution is -2.41. The second-order valence-corrected chi connectivity index (χ2v) is 6.88. The summed E-state index contributed by atoms with van der Waals surface area (Å²) >= 11 is 11.9. The van der Waals surface area contributed by atoms with Crippen molar-refractivity contribution in [3.05, 3.63) is 87.7 Å². The molecular formula is C21H16Cl2N4O4. The van der Waals surface area contributed by atoms with Crippen molar-refractivity contribution >= 4 is 40.9 Å². The number of nitrogens with zero attached hydrogens (tertiary/aromatic N) is 1. The minimum Gasteiger partial charge on any atom is -0.457 e. The number of aromatic nitrogens is 1. The van der Waals surface area contributed by atoms with Gasteiger partial charge in [-0.2, -0.15) is 0 Å². The molecule has 0 radical (unpaired) electrons. The third-order valence-corrected chi connectivity index (χ3v) is 4.83. The normalized spacial score (nSPS) is 10.2. The number of carbonyl (C=O) groups is 3. The van der Waals surface area contributed by atoms with E-state index in [0.717, 1.165) is 0 Å². The van der Waals surface area contributed by atoms with Gasteiger partial charge in [-0.25, -0.2) is 0 Å². The highest BCUT2D eigenvalue weighted by Gasteiger charge is 2.14. The number of ether oxygens (including phenoxy) is 1. The van der Waals surface area contributed by atoms with Crippen LogP contribution in [0.4, 0.5) is 0 Å². The Hall–Kier alpha value is -3.62. The van der Waals surface area contributed by atoms with Gasteiger partial charge in [0.1, 0.15) is 17.2 Å². The summed E-state index contributed by atoms with van der Waals surface area (Å²) in [4.78, 5) is 40.3. The summed E-state index contributed by atoms with van der Waals surface area (Å²) in [6, 6.07) is 13.9. The maximum atomic E-state index is 12.4. The Morgan fingerprint density at radius 1 is 0.871 bits per heavy atom. The second-order valence-electron chi connectivity index (χ2n) is 6.10. The minimum absolute atomic E-state index is 0.0831.